The van der Waals surface area contributed by atoms with Crippen LogP contribution in [0.2, 0.25) is 5.02 Å². The van der Waals surface area contributed by atoms with Crippen LogP contribution in [0.4, 0.5) is 4.79 Å². The summed E-state index contributed by atoms with van der Waals surface area (Å²) in [7, 11) is 0. The smallest absolute Gasteiger partial charge is 0.410 e. The molecule has 1 aliphatic carbocycles. The van der Waals surface area contributed by atoms with Gasteiger partial charge in [0.2, 0.25) is 0 Å². The first-order valence-corrected chi connectivity index (χ1v) is 11.2. The number of benzene rings is 2. The fourth-order valence-corrected chi connectivity index (χ4v) is 4.43. The van der Waals surface area contributed by atoms with Crippen LogP contribution < -0.4 is 0 Å². The van der Waals surface area contributed by atoms with Gasteiger partial charge in [-0.15, -0.1) is 0 Å². The first kappa shape index (κ1) is 23.4. The molecule has 0 aromatic heterocycles. The van der Waals surface area contributed by atoms with Gasteiger partial charge in [-0.3, -0.25) is 0 Å². The minimum absolute atomic E-state index is 0.0650. The fourth-order valence-electron chi connectivity index (χ4n) is 4.23. The van der Waals surface area contributed by atoms with Crippen LogP contribution in [0.1, 0.15) is 69.6 Å². The number of hydrogen-bond acceptors (Lipinski definition) is 4. The van der Waals surface area contributed by atoms with E-state index < -0.39 is 17.8 Å². The third-order valence-corrected chi connectivity index (χ3v) is 5.90. The Hall–Kier alpha value is -2.24. The van der Waals surface area contributed by atoms with Crippen LogP contribution in [-0.4, -0.2) is 39.4 Å². The van der Waals surface area contributed by atoms with Crippen molar-refractivity contribution in [2.24, 2.45) is 0 Å². The molecule has 1 fully saturated rings. The van der Waals surface area contributed by atoms with E-state index in [1.807, 2.05) is 32.9 Å². The summed E-state index contributed by atoms with van der Waals surface area (Å²) in [5, 5.41) is 21.3. The summed E-state index contributed by atoms with van der Waals surface area (Å²) >= 11 is 6.09. The lowest BCUT2D eigenvalue weighted by Crippen LogP contribution is -2.47. The first-order valence-electron chi connectivity index (χ1n) is 10.8. The number of nitrogens with zero attached hydrogens (tertiary/aromatic N) is 1. The number of aliphatic hydroxyl groups is 1. The molecule has 5 nitrogen and oxygen atoms in total. The molecule has 0 bridgehead atoms. The molecule has 168 valence electrons. The zero-order valence-electron chi connectivity index (χ0n) is 18.4. The van der Waals surface area contributed by atoms with E-state index in [0.29, 0.717) is 10.6 Å². The zero-order valence-corrected chi connectivity index (χ0v) is 19.2. The van der Waals surface area contributed by atoms with Crippen molar-refractivity contribution in [1.29, 1.82) is 0 Å². The first-order chi connectivity index (χ1) is 14.6. The summed E-state index contributed by atoms with van der Waals surface area (Å²) in [6.45, 7) is 5.65. The maximum absolute atomic E-state index is 13.1. The van der Waals surface area contributed by atoms with Gasteiger partial charge >= 0.3 is 6.09 Å². The molecule has 6 heteroatoms. The predicted molar refractivity (Wildman–Crippen MR) is 122 cm³/mol. The largest absolute Gasteiger partial charge is 0.508 e. The van der Waals surface area contributed by atoms with Gasteiger partial charge in [0, 0.05) is 11.1 Å². The van der Waals surface area contributed by atoms with Crippen molar-refractivity contribution < 1.29 is 19.7 Å². The molecule has 2 aromatic carbocycles. The van der Waals surface area contributed by atoms with Gasteiger partial charge in [-0.2, -0.15) is 0 Å². The Kier molecular flexibility index (Phi) is 7.50. The molecule has 0 unspecified atom stereocenters. The summed E-state index contributed by atoms with van der Waals surface area (Å²) < 4.78 is 5.68. The second-order valence-corrected chi connectivity index (χ2v) is 9.75. The van der Waals surface area contributed by atoms with Crippen LogP contribution in [0, 0.1) is 0 Å². The van der Waals surface area contributed by atoms with E-state index in [4.69, 9.17) is 16.3 Å². The van der Waals surface area contributed by atoms with Crippen molar-refractivity contribution in [1.82, 2.24) is 4.90 Å². The van der Waals surface area contributed by atoms with E-state index in [9.17, 15) is 15.0 Å². The molecule has 1 aliphatic rings. The number of rotatable bonds is 5. The molecule has 3 atom stereocenters. The van der Waals surface area contributed by atoms with Gasteiger partial charge in [-0.05, 0) is 81.3 Å². The van der Waals surface area contributed by atoms with Crippen molar-refractivity contribution in [2.75, 3.05) is 6.54 Å². The Morgan fingerprint density at radius 2 is 1.94 bits per heavy atom. The molecular weight excluding hydrogens is 414 g/mol. The quantitative estimate of drug-likeness (QED) is 0.588. The average Bonchev–Trinajstić information content (AvgIpc) is 2.70. The Balaban J connectivity index is 1.81. The third kappa shape index (κ3) is 6.62. The number of aliphatic hydroxyl groups excluding tert-OH is 1. The second kappa shape index (κ2) is 9.92. The number of aromatic hydroxyl groups is 1. The monoisotopic (exact) mass is 445 g/mol. The number of hydrogen-bond donors (Lipinski definition) is 2. The number of amides is 1. The van der Waals surface area contributed by atoms with Crippen LogP contribution >= 0.6 is 11.6 Å². The Bertz CT molecular complexity index is 895. The van der Waals surface area contributed by atoms with Gasteiger partial charge in [0.05, 0.1) is 12.6 Å². The van der Waals surface area contributed by atoms with E-state index in [1.54, 1.807) is 41.3 Å². The highest BCUT2D eigenvalue weighted by Crippen LogP contribution is 2.37. The summed E-state index contributed by atoms with van der Waals surface area (Å²) in [5.74, 6) is 0.485. The number of ether oxygens (including phenoxy) is 1. The highest BCUT2D eigenvalue weighted by molar-refractivity contribution is 6.30. The molecule has 0 spiro atoms. The third-order valence-electron chi connectivity index (χ3n) is 5.66. The highest BCUT2D eigenvalue weighted by atomic mass is 35.5. The molecule has 2 aromatic rings. The number of phenols is 1. The van der Waals surface area contributed by atoms with Crippen LogP contribution in [-0.2, 0) is 4.74 Å². The van der Waals surface area contributed by atoms with Crippen LogP contribution in [0.5, 0.6) is 5.75 Å². The molecule has 1 amide bonds. The van der Waals surface area contributed by atoms with E-state index >= 15 is 0 Å². The number of carbonyl (C=O) groups excluding carboxylic acids is 1. The normalized spacial score (nSPS) is 20.2. The van der Waals surface area contributed by atoms with Crippen molar-refractivity contribution in [2.45, 2.75) is 70.1 Å². The van der Waals surface area contributed by atoms with Crippen LogP contribution in [0.15, 0.2) is 48.5 Å². The highest BCUT2D eigenvalue weighted by Gasteiger charge is 2.34. The van der Waals surface area contributed by atoms with Gasteiger partial charge in [-0.25, -0.2) is 4.79 Å². The maximum Gasteiger partial charge on any atom is 0.410 e. The molecule has 2 N–H and O–H groups in total. The van der Waals surface area contributed by atoms with E-state index in [2.05, 4.69) is 0 Å². The molecule has 0 aliphatic heterocycles. The Morgan fingerprint density at radius 3 is 2.61 bits per heavy atom. The molecule has 1 saturated carbocycles. The minimum atomic E-state index is -0.868. The van der Waals surface area contributed by atoms with Crippen LogP contribution in [0.3, 0.4) is 0 Å². The summed E-state index contributed by atoms with van der Waals surface area (Å²) in [5.41, 5.74) is 1.11. The fraction of sp³-hybridized carbons (Fsp3) is 0.480. The number of carbonyl (C=O) groups is 1. The van der Waals surface area contributed by atoms with Crippen molar-refractivity contribution >= 4 is 17.7 Å². The Morgan fingerprint density at radius 1 is 1.19 bits per heavy atom. The SMILES string of the molecule is CC(C)(C)OC(=O)N(C[C@H](O)c1cccc(Cl)c1)[C@@H]1CCC[C@@H](c2cccc(O)c2)C1. The topological polar surface area (TPSA) is 70.0 Å². The molecule has 0 heterocycles. The molecule has 3 rings (SSSR count). The molecular formula is C25H32ClNO4. The van der Waals surface area contributed by atoms with E-state index in [1.165, 1.54) is 0 Å². The Labute approximate surface area is 189 Å². The summed E-state index contributed by atoms with van der Waals surface area (Å²) in [6, 6.07) is 14.3. The molecule has 31 heavy (non-hydrogen) atoms. The summed E-state index contributed by atoms with van der Waals surface area (Å²) in [6.07, 6.45) is 2.26. The van der Waals surface area contributed by atoms with Crippen LogP contribution in [0.25, 0.3) is 0 Å². The zero-order chi connectivity index (χ0) is 22.6. The van der Waals surface area contributed by atoms with Gasteiger partial charge in [-0.1, -0.05) is 42.3 Å². The van der Waals surface area contributed by atoms with Crippen molar-refractivity contribution in [3.8, 4) is 5.75 Å². The van der Waals surface area contributed by atoms with Crippen molar-refractivity contribution in [3.05, 3.63) is 64.7 Å². The van der Waals surface area contributed by atoms with Gasteiger partial charge in [0.15, 0.2) is 0 Å². The molecule has 0 radical (unpaired) electrons. The minimum Gasteiger partial charge on any atom is -0.508 e. The van der Waals surface area contributed by atoms with Gasteiger partial charge in [0.25, 0.3) is 0 Å². The number of halogens is 1. The lowest BCUT2D eigenvalue weighted by Gasteiger charge is -2.39. The lowest BCUT2D eigenvalue weighted by molar-refractivity contribution is -0.00187. The average molecular weight is 446 g/mol. The number of phenolic OH excluding ortho intramolecular Hbond substituents is 1. The second-order valence-electron chi connectivity index (χ2n) is 9.32. The maximum atomic E-state index is 13.1. The van der Waals surface area contributed by atoms with Crippen molar-refractivity contribution in [3.63, 3.8) is 0 Å². The standard InChI is InChI=1S/C25H32ClNO4/c1-25(2,3)31-24(30)27(16-23(29)19-9-4-10-20(26)13-19)21-11-5-7-17(14-21)18-8-6-12-22(28)15-18/h4,6,8-10,12-13,15,17,21,23,28-29H,5,7,11,14,16H2,1-3H3/t17-,21-,23+/m1/s1. The summed E-state index contributed by atoms with van der Waals surface area (Å²) in [4.78, 5) is 14.8. The van der Waals surface area contributed by atoms with Gasteiger partial charge in [0.1, 0.15) is 11.4 Å². The van der Waals surface area contributed by atoms with E-state index in [0.717, 1.165) is 31.2 Å². The van der Waals surface area contributed by atoms with Gasteiger partial charge < -0.3 is 19.8 Å². The molecule has 0 saturated heterocycles. The lowest BCUT2D eigenvalue weighted by atomic mass is 9.80. The predicted octanol–water partition coefficient (Wildman–Crippen LogP) is 6.04. The van der Waals surface area contributed by atoms with E-state index in [-0.39, 0.29) is 24.3 Å².